The average Bonchev–Trinajstić information content (AvgIpc) is 2.60. The number of nitrogens with one attached hydrogen (secondary N) is 2. The molecule has 2 aromatic rings. The molecule has 2 rings (SSSR count). The van der Waals surface area contributed by atoms with E-state index in [-0.39, 0.29) is 5.91 Å². The van der Waals surface area contributed by atoms with Crippen LogP contribution in [-0.2, 0) is 20.9 Å². The highest BCUT2D eigenvalue weighted by Crippen LogP contribution is 2.13. The first kappa shape index (κ1) is 18.5. The lowest BCUT2D eigenvalue weighted by atomic mass is 10.1. The Morgan fingerprint density at radius 2 is 1.64 bits per heavy atom. The van der Waals surface area contributed by atoms with E-state index in [1.807, 2.05) is 0 Å². The molecule has 0 aromatic heterocycles. The summed E-state index contributed by atoms with van der Waals surface area (Å²) in [5, 5.41) is 5.82. The summed E-state index contributed by atoms with van der Waals surface area (Å²) in [5.41, 5.74) is 1.74. The van der Waals surface area contributed by atoms with Crippen LogP contribution >= 0.6 is 11.6 Å². The van der Waals surface area contributed by atoms with Gasteiger partial charge in [-0.25, -0.2) is 4.79 Å². The second kappa shape index (κ2) is 8.84. The SMILES string of the molecule is CC(=O)NCc1ccc(C(=O)OCC(=O)Nc2ccc(Cl)cc2)cc1. The van der Waals surface area contributed by atoms with Gasteiger partial charge in [0.05, 0.1) is 5.56 Å². The van der Waals surface area contributed by atoms with Crippen LogP contribution in [0.15, 0.2) is 48.5 Å². The van der Waals surface area contributed by atoms with Gasteiger partial charge >= 0.3 is 5.97 Å². The van der Waals surface area contributed by atoms with Crippen LogP contribution in [0.25, 0.3) is 0 Å². The zero-order valence-electron chi connectivity index (χ0n) is 13.5. The van der Waals surface area contributed by atoms with Crippen molar-refractivity contribution in [3.63, 3.8) is 0 Å². The third-order valence-corrected chi connectivity index (χ3v) is 3.45. The van der Waals surface area contributed by atoms with E-state index >= 15 is 0 Å². The predicted molar refractivity (Wildman–Crippen MR) is 94.3 cm³/mol. The molecule has 6 nitrogen and oxygen atoms in total. The van der Waals surface area contributed by atoms with Crippen molar-refractivity contribution >= 4 is 35.1 Å². The van der Waals surface area contributed by atoms with E-state index in [2.05, 4.69) is 10.6 Å². The summed E-state index contributed by atoms with van der Waals surface area (Å²) < 4.78 is 4.98. The van der Waals surface area contributed by atoms with E-state index in [1.54, 1.807) is 48.5 Å². The number of hydrogen-bond acceptors (Lipinski definition) is 4. The molecule has 0 aliphatic heterocycles. The molecule has 25 heavy (non-hydrogen) atoms. The summed E-state index contributed by atoms with van der Waals surface area (Å²) in [6, 6.07) is 13.2. The highest BCUT2D eigenvalue weighted by atomic mass is 35.5. The molecule has 2 N–H and O–H groups in total. The fraction of sp³-hybridized carbons (Fsp3) is 0.167. The van der Waals surface area contributed by atoms with Crippen molar-refractivity contribution in [1.82, 2.24) is 5.32 Å². The van der Waals surface area contributed by atoms with E-state index < -0.39 is 18.5 Å². The van der Waals surface area contributed by atoms with Gasteiger partial charge in [-0.15, -0.1) is 0 Å². The zero-order valence-corrected chi connectivity index (χ0v) is 14.3. The summed E-state index contributed by atoms with van der Waals surface area (Å²) in [4.78, 5) is 34.6. The van der Waals surface area contributed by atoms with E-state index in [0.29, 0.717) is 22.8 Å². The number of ether oxygens (including phenoxy) is 1. The third kappa shape index (κ3) is 6.27. The summed E-state index contributed by atoms with van der Waals surface area (Å²) in [6.07, 6.45) is 0. The Morgan fingerprint density at radius 3 is 2.24 bits per heavy atom. The van der Waals surface area contributed by atoms with Crippen molar-refractivity contribution in [3.8, 4) is 0 Å². The van der Waals surface area contributed by atoms with Crippen LogP contribution < -0.4 is 10.6 Å². The van der Waals surface area contributed by atoms with Crippen LogP contribution in [0.4, 0.5) is 5.69 Å². The molecule has 130 valence electrons. The normalized spacial score (nSPS) is 10.0. The van der Waals surface area contributed by atoms with Crippen molar-refractivity contribution in [2.75, 3.05) is 11.9 Å². The summed E-state index contributed by atoms with van der Waals surface area (Å²) in [5.74, 6) is -1.18. The quantitative estimate of drug-likeness (QED) is 0.776. The zero-order chi connectivity index (χ0) is 18.2. The Labute approximate surface area is 150 Å². The standard InChI is InChI=1S/C18H17ClN2O4/c1-12(22)20-10-13-2-4-14(5-3-13)18(24)25-11-17(23)21-16-8-6-15(19)7-9-16/h2-9H,10-11H2,1H3,(H,20,22)(H,21,23). The number of rotatable bonds is 6. The Balaban J connectivity index is 1.81. The molecule has 0 aliphatic rings. The molecule has 0 unspecified atom stereocenters. The molecule has 2 amide bonds. The number of anilines is 1. The Bertz CT molecular complexity index is 758. The third-order valence-electron chi connectivity index (χ3n) is 3.19. The molecular formula is C18H17ClN2O4. The maximum Gasteiger partial charge on any atom is 0.338 e. The number of hydrogen-bond donors (Lipinski definition) is 2. The Kier molecular flexibility index (Phi) is 6.54. The molecule has 0 fully saturated rings. The van der Waals surface area contributed by atoms with E-state index in [9.17, 15) is 14.4 Å². The van der Waals surface area contributed by atoms with E-state index in [0.717, 1.165) is 5.56 Å². The summed E-state index contributed by atoms with van der Waals surface area (Å²) >= 11 is 5.76. The Morgan fingerprint density at radius 1 is 1.00 bits per heavy atom. The van der Waals surface area contributed by atoms with Gasteiger partial charge in [0.25, 0.3) is 5.91 Å². The largest absolute Gasteiger partial charge is 0.452 e. The highest BCUT2D eigenvalue weighted by Gasteiger charge is 2.10. The lowest BCUT2D eigenvalue weighted by molar-refractivity contribution is -0.119. The molecule has 2 aromatic carbocycles. The maximum atomic E-state index is 11.9. The van der Waals surface area contributed by atoms with Crippen molar-refractivity contribution in [3.05, 3.63) is 64.7 Å². The van der Waals surface area contributed by atoms with Crippen molar-refractivity contribution in [1.29, 1.82) is 0 Å². The average molecular weight is 361 g/mol. The van der Waals surface area contributed by atoms with Crippen LogP contribution in [0.1, 0.15) is 22.8 Å². The van der Waals surface area contributed by atoms with Gasteiger partial charge in [-0.1, -0.05) is 23.7 Å². The molecule has 0 saturated carbocycles. The molecule has 0 bridgehead atoms. The fourth-order valence-corrected chi connectivity index (χ4v) is 2.06. The first-order valence-corrected chi connectivity index (χ1v) is 7.88. The number of halogens is 1. The van der Waals surface area contributed by atoms with Crippen LogP contribution in [0, 0.1) is 0 Å². The lowest BCUT2D eigenvalue weighted by Crippen LogP contribution is -2.21. The molecular weight excluding hydrogens is 344 g/mol. The lowest BCUT2D eigenvalue weighted by Gasteiger charge is -2.07. The minimum Gasteiger partial charge on any atom is -0.452 e. The smallest absolute Gasteiger partial charge is 0.338 e. The monoisotopic (exact) mass is 360 g/mol. The summed E-state index contributed by atoms with van der Waals surface area (Å²) in [6.45, 7) is 1.42. The van der Waals surface area contributed by atoms with Crippen LogP contribution in [0.2, 0.25) is 5.02 Å². The van der Waals surface area contributed by atoms with Crippen LogP contribution in [0.3, 0.4) is 0 Å². The van der Waals surface area contributed by atoms with Crippen molar-refractivity contribution in [2.45, 2.75) is 13.5 Å². The van der Waals surface area contributed by atoms with Gasteiger partial charge in [0.1, 0.15) is 0 Å². The number of benzene rings is 2. The first-order valence-electron chi connectivity index (χ1n) is 7.50. The minimum atomic E-state index is -0.600. The molecule has 0 saturated heterocycles. The number of esters is 1. The molecule has 0 radical (unpaired) electrons. The van der Waals surface area contributed by atoms with Gasteiger partial charge in [0.15, 0.2) is 6.61 Å². The highest BCUT2D eigenvalue weighted by molar-refractivity contribution is 6.30. The predicted octanol–water partition coefficient (Wildman–Crippen LogP) is 2.77. The second-order valence-electron chi connectivity index (χ2n) is 5.24. The van der Waals surface area contributed by atoms with Gasteiger partial charge in [0, 0.05) is 24.2 Å². The van der Waals surface area contributed by atoms with Crippen LogP contribution in [0.5, 0.6) is 0 Å². The van der Waals surface area contributed by atoms with Gasteiger partial charge in [-0.05, 0) is 42.0 Å². The summed E-state index contributed by atoms with van der Waals surface area (Å²) in [7, 11) is 0. The molecule has 0 spiro atoms. The number of amides is 2. The van der Waals surface area contributed by atoms with Gasteiger partial charge in [-0.2, -0.15) is 0 Å². The van der Waals surface area contributed by atoms with Crippen LogP contribution in [-0.4, -0.2) is 24.4 Å². The number of carbonyl (C=O) groups excluding carboxylic acids is 3. The van der Waals surface area contributed by atoms with Crippen molar-refractivity contribution in [2.24, 2.45) is 0 Å². The van der Waals surface area contributed by atoms with Crippen molar-refractivity contribution < 1.29 is 19.1 Å². The number of carbonyl (C=O) groups is 3. The first-order chi connectivity index (χ1) is 11.9. The van der Waals surface area contributed by atoms with E-state index in [4.69, 9.17) is 16.3 Å². The molecule has 0 heterocycles. The second-order valence-corrected chi connectivity index (χ2v) is 5.67. The topological polar surface area (TPSA) is 84.5 Å². The van der Waals surface area contributed by atoms with E-state index in [1.165, 1.54) is 6.92 Å². The molecule has 0 atom stereocenters. The van der Waals surface area contributed by atoms with Gasteiger partial charge in [-0.3, -0.25) is 9.59 Å². The fourth-order valence-electron chi connectivity index (χ4n) is 1.93. The maximum absolute atomic E-state index is 11.9. The Hall–Kier alpha value is -2.86. The molecule has 7 heteroatoms. The van der Waals surface area contributed by atoms with Gasteiger partial charge in [0.2, 0.25) is 5.91 Å². The molecule has 0 aliphatic carbocycles. The minimum absolute atomic E-state index is 0.129. The van der Waals surface area contributed by atoms with Gasteiger partial charge < -0.3 is 15.4 Å².